The third-order valence-electron chi connectivity index (χ3n) is 4.46. The van der Waals surface area contributed by atoms with Gasteiger partial charge in [0.25, 0.3) is 0 Å². The van der Waals surface area contributed by atoms with Gasteiger partial charge in [-0.1, -0.05) is 35.5 Å². The summed E-state index contributed by atoms with van der Waals surface area (Å²) in [5.41, 5.74) is 0.0922. The maximum Gasteiger partial charge on any atom is 0.325 e. The highest BCUT2D eigenvalue weighted by Crippen LogP contribution is 2.12. The monoisotopic (exact) mass is 416 g/mol. The summed E-state index contributed by atoms with van der Waals surface area (Å²) in [6.07, 6.45) is -0.306. The van der Waals surface area contributed by atoms with E-state index >= 15 is 0 Å². The van der Waals surface area contributed by atoms with Crippen LogP contribution in [0.2, 0.25) is 0 Å². The van der Waals surface area contributed by atoms with Gasteiger partial charge in [-0.15, -0.1) is 0 Å². The van der Waals surface area contributed by atoms with Gasteiger partial charge in [-0.2, -0.15) is 9.94 Å². The molecule has 0 aliphatic rings. The molecular formula is C20H30N7O3+. The van der Waals surface area contributed by atoms with E-state index in [4.69, 9.17) is 10.00 Å². The molecule has 30 heavy (non-hydrogen) atoms. The Morgan fingerprint density at radius 1 is 1.40 bits per heavy atom. The second-order valence-electron chi connectivity index (χ2n) is 7.60. The van der Waals surface area contributed by atoms with Crippen LogP contribution < -0.4 is 15.3 Å². The molecule has 1 aromatic carbocycles. The molecule has 1 heterocycles. The van der Waals surface area contributed by atoms with Crippen molar-refractivity contribution in [2.45, 2.75) is 58.0 Å². The second-order valence-corrected chi connectivity index (χ2v) is 7.60. The number of β-amino-alcohol motifs (C(OH)–C–C–N with tert-alkyl or cyclic N) is 1. The van der Waals surface area contributed by atoms with E-state index in [2.05, 4.69) is 32.2 Å². The largest absolute Gasteiger partial charge is 0.392 e. The number of aromatic nitrogens is 4. The molecule has 0 unspecified atom stereocenters. The smallest absolute Gasteiger partial charge is 0.325 e. The SMILES string of the molecule is C[C@@H](O)CNC(C)(C)C(=O)N[C@H](COCc1ccccc1)c1nn[nH][n+]1CCC#N. The number of aliphatic hydroxyl groups excluding tert-OH is 1. The molecule has 0 bridgehead atoms. The molecule has 0 radical (unpaired) electrons. The lowest BCUT2D eigenvalue weighted by Gasteiger charge is -2.27. The van der Waals surface area contributed by atoms with Gasteiger partial charge < -0.3 is 20.5 Å². The summed E-state index contributed by atoms with van der Waals surface area (Å²) in [5, 5.41) is 35.0. The van der Waals surface area contributed by atoms with E-state index < -0.39 is 17.7 Å². The zero-order valence-electron chi connectivity index (χ0n) is 17.6. The first-order valence-electron chi connectivity index (χ1n) is 9.87. The lowest BCUT2D eigenvalue weighted by molar-refractivity contribution is -0.761. The van der Waals surface area contributed by atoms with Crippen molar-refractivity contribution in [1.29, 1.82) is 5.26 Å². The lowest BCUT2D eigenvalue weighted by atomic mass is 10.0. The van der Waals surface area contributed by atoms with Crippen LogP contribution in [0.4, 0.5) is 0 Å². The zero-order valence-corrected chi connectivity index (χ0v) is 17.6. The van der Waals surface area contributed by atoms with Crippen molar-refractivity contribution in [3.05, 3.63) is 41.7 Å². The number of aryl methyl sites for hydroxylation is 1. The maximum absolute atomic E-state index is 12.9. The fourth-order valence-corrected chi connectivity index (χ4v) is 2.69. The third kappa shape index (κ3) is 7.18. The molecule has 0 fully saturated rings. The van der Waals surface area contributed by atoms with Gasteiger partial charge in [0.1, 0.15) is 17.7 Å². The summed E-state index contributed by atoms with van der Waals surface area (Å²) < 4.78 is 7.46. The molecule has 1 aromatic heterocycles. The molecule has 0 saturated heterocycles. The van der Waals surface area contributed by atoms with Crippen LogP contribution in [0.15, 0.2) is 30.3 Å². The Balaban J connectivity index is 2.11. The number of aromatic amines is 1. The molecule has 4 N–H and O–H groups in total. The summed E-state index contributed by atoms with van der Waals surface area (Å²) >= 11 is 0. The Kier molecular flexibility index (Phi) is 8.86. The lowest BCUT2D eigenvalue weighted by Crippen LogP contribution is -2.56. The molecule has 10 heteroatoms. The minimum absolute atomic E-state index is 0.173. The average Bonchev–Trinajstić information content (AvgIpc) is 3.19. The van der Waals surface area contributed by atoms with Crippen LogP contribution in [-0.4, -0.2) is 51.3 Å². The van der Waals surface area contributed by atoms with Crippen molar-refractivity contribution in [2.75, 3.05) is 13.2 Å². The van der Waals surface area contributed by atoms with Crippen molar-refractivity contribution >= 4 is 5.91 Å². The number of carbonyl (C=O) groups excluding carboxylic acids is 1. The van der Waals surface area contributed by atoms with E-state index in [1.807, 2.05) is 30.3 Å². The van der Waals surface area contributed by atoms with Crippen molar-refractivity contribution < 1.29 is 19.3 Å². The van der Waals surface area contributed by atoms with Gasteiger partial charge in [-0.25, -0.2) is 0 Å². The number of rotatable bonds is 12. The number of carbonyl (C=O) groups is 1. The summed E-state index contributed by atoms with van der Waals surface area (Å²) in [6, 6.07) is 11.2. The number of nitriles is 1. The molecule has 162 valence electrons. The Hall–Kier alpha value is -2.87. The number of hydrogen-bond acceptors (Lipinski definition) is 7. The number of nitrogens with zero attached hydrogens (tertiary/aromatic N) is 4. The van der Waals surface area contributed by atoms with E-state index in [1.165, 1.54) is 0 Å². The molecule has 0 aliphatic heterocycles. The van der Waals surface area contributed by atoms with Gasteiger partial charge in [0.05, 0.1) is 37.3 Å². The molecule has 0 saturated carbocycles. The van der Waals surface area contributed by atoms with E-state index in [9.17, 15) is 9.90 Å². The average molecular weight is 417 g/mol. The fourth-order valence-electron chi connectivity index (χ4n) is 2.69. The normalized spacial score (nSPS) is 13.4. The predicted molar refractivity (Wildman–Crippen MR) is 108 cm³/mol. The fraction of sp³-hybridized carbons (Fsp3) is 0.550. The van der Waals surface area contributed by atoms with Crippen LogP contribution in [0.5, 0.6) is 0 Å². The number of amides is 1. The summed E-state index contributed by atoms with van der Waals surface area (Å²) in [6.45, 7) is 6.32. The third-order valence-corrected chi connectivity index (χ3v) is 4.46. The van der Waals surface area contributed by atoms with Crippen LogP contribution in [0.25, 0.3) is 0 Å². The number of aliphatic hydroxyl groups is 1. The Morgan fingerprint density at radius 3 is 2.80 bits per heavy atom. The predicted octanol–water partition coefficient (Wildman–Crippen LogP) is 0.129. The van der Waals surface area contributed by atoms with Gasteiger partial charge in [-0.3, -0.25) is 4.79 Å². The van der Waals surface area contributed by atoms with Gasteiger partial charge in [0.2, 0.25) is 5.91 Å². The van der Waals surface area contributed by atoms with Crippen molar-refractivity contribution in [2.24, 2.45) is 0 Å². The number of ether oxygens (including phenoxy) is 1. The zero-order chi connectivity index (χ0) is 22.0. The topological polar surface area (TPSA) is 140 Å². The first kappa shape index (κ1) is 23.4. The number of nitrogens with one attached hydrogen (secondary N) is 3. The summed E-state index contributed by atoms with van der Waals surface area (Å²) in [4.78, 5) is 12.9. The summed E-state index contributed by atoms with van der Waals surface area (Å²) in [5.74, 6) is 0.198. The quantitative estimate of drug-likeness (QED) is 0.361. The van der Waals surface area contributed by atoms with Crippen LogP contribution in [0, 0.1) is 11.3 Å². The van der Waals surface area contributed by atoms with E-state index in [-0.39, 0.29) is 25.5 Å². The van der Waals surface area contributed by atoms with E-state index in [0.29, 0.717) is 19.0 Å². The molecule has 2 aromatic rings. The molecule has 1 amide bonds. The summed E-state index contributed by atoms with van der Waals surface area (Å²) in [7, 11) is 0. The first-order valence-corrected chi connectivity index (χ1v) is 9.87. The molecule has 0 aliphatic carbocycles. The minimum atomic E-state index is -0.921. The van der Waals surface area contributed by atoms with Crippen LogP contribution in [0.1, 0.15) is 44.6 Å². The number of hydrogen-bond donors (Lipinski definition) is 4. The Morgan fingerprint density at radius 2 is 2.13 bits per heavy atom. The Bertz CT molecular complexity index is 830. The van der Waals surface area contributed by atoms with Crippen molar-refractivity contribution in [3.63, 3.8) is 0 Å². The highest BCUT2D eigenvalue weighted by molar-refractivity contribution is 5.85. The standard InChI is InChI=1S/C20H29N7O3/c1-15(28)12-22-20(2,3)19(29)23-17(14-30-13-16-8-5-4-6-9-16)18-24-25-26-27(18)11-7-10-21/h4-6,8-9,15,17,22,28H,7,11-14H2,1-3H3,(H,23,29)/p+1/t15-,17-/m1/s1. The minimum Gasteiger partial charge on any atom is -0.392 e. The number of H-pyrrole nitrogens is 1. The van der Waals surface area contributed by atoms with E-state index in [0.717, 1.165) is 5.56 Å². The number of benzene rings is 1. The van der Waals surface area contributed by atoms with Crippen LogP contribution in [-0.2, 0) is 22.7 Å². The van der Waals surface area contributed by atoms with Crippen molar-refractivity contribution in [1.82, 2.24) is 26.2 Å². The molecule has 0 spiro atoms. The van der Waals surface area contributed by atoms with Gasteiger partial charge >= 0.3 is 5.82 Å². The molecule has 10 nitrogen and oxygen atoms in total. The first-order chi connectivity index (χ1) is 14.3. The molecule has 2 rings (SSSR count). The van der Waals surface area contributed by atoms with Gasteiger partial charge in [0.15, 0.2) is 5.21 Å². The van der Waals surface area contributed by atoms with Gasteiger partial charge in [0, 0.05) is 6.54 Å². The van der Waals surface area contributed by atoms with Crippen LogP contribution in [0.3, 0.4) is 0 Å². The highest BCUT2D eigenvalue weighted by Gasteiger charge is 2.34. The Labute approximate surface area is 176 Å². The molecule has 2 atom stereocenters. The molecular weight excluding hydrogens is 386 g/mol. The highest BCUT2D eigenvalue weighted by atomic mass is 16.5. The van der Waals surface area contributed by atoms with E-state index in [1.54, 1.807) is 25.5 Å². The van der Waals surface area contributed by atoms with Gasteiger partial charge in [-0.05, 0) is 26.3 Å². The second kappa shape index (κ2) is 11.3. The van der Waals surface area contributed by atoms with Crippen molar-refractivity contribution in [3.8, 4) is 6.07 Å². The van der Waals surface area contributed by atoms with Crippen LogP contribution >= 0.6 is 0 Å². The number of tetrazole rings is 1. The maximum atomic E-state index is 12.9.